The highest BCUT2D eigenvalue weighted by Crippen LogP contribution is 2.36. The van der Waals surface area contributed by atoms with Gasteiger partial charge in [0.05, 0.1) is 6.04 Å². The van der Waals surface area contributed by atoms with Crippen LogP contribution in [0.1, 0.15) is 28.3 Å². The number of aryl methyl sites for hydroxylation is 3. The fourth-order valence-corrected chi connectivity index (χ4v) is 3.44. The predicted octanol–water partition coefficient (Wildman–Crippen LogP) is 5.70. The van der Waals surface area contributed by atoms with E-state index in [4.69, 9.17) is 0 Å². The summed E-state index contributed by atoms with van der Waals surface area (Å²) in [7, 11) is 0. The van der Waals surface area contributed by atoms with Gasteiger partial charge in [0, 0.05) is 11.4 Å². The number of nitrogens with zero attached hydrogens (tertiary/aromatic N) is 1. The van der Waals surface area contributed by atoms with Gasteiger partial charge < -0.3 is 5.32 Å². The monoisotopic (exact) mass is 368 g/mol. The van der Waals surface area contributed by atoms with Crippen molar-refractivity contribution in [3.63, 3.8) is 0 Å². The lowest BCUT2D eigenvalue weighted by molar-refractivity contribution is -0.114. The van der Waals surface area contributed by atoms with Gasteiger partial charge in [-0.15, -0.1) is 0 Å². The predicted molar refractivity (Wildman–Crippen MR) is 115 cm³/mol. The molecule has 1 amide bonds. The molecule has 0 saturated heterocycles. The molecule has 0 radical (unpaired) electrons. The van der Waals surface area contributed by atoms with E-state index in [1.54, 1.807) is 0 Å². The van der Waals surface area contributed by atoms with Crippen molar-refractivity contribution < 1.29 is 4.79 Å². The fraction of sp³-hybridized carbons (Fsp3) is 0.160. The first-order chi connectivity index (χ1) is 13.5. The number of carbonyl (C=O) groups excluding carboxylic acids is 1. The number of nitrogens with one attached hydrogen (secondary N) is 1. The Morgan fingerprint density at radius 3 is 1.79 bits per heavy atom. The maximum Gasteiger partial charge on any atom is 0.275 e. The van der Waals surface area contributed by atoms with Crippen LogP contribution < -0.4 is 10.2 Å². The molecule has 0 aliphatic carbocycles. The first-order valence-corrected chi connectivity index (χ1v) is 9.53. The molecule has 3 nitrogen and oxygen atoms in total. The van der Waals surface area contributed by atoms with Crippen molar-refractivity contribution in [2.45, 2.75) is 26.8 Å². The molecule has 0 bridgehead atoms. The van der Waals surface area contributed by atoms with E-state index in [0.29, 0.717) is 5.70 Å². The molecule has 3 heteroatoms. The van der Waals surface area contributed by atoms with E-state index in [0.717, 1.165) is 16.9 Å². The molecule has 1 aliphatic rings. The number of hydrogen-bond acceptors (Lipinski definition) is 2. The number of carbonyl (C=O) groups is 1. The zero-order chi connectivity index (χ0) is 19.7. The lowest BCUT2D eigenvalue weighted by atomic mass is 10.0. The summed E-state index contributed by atoms with van der Waals surface area (Å²) in [6.07, 6.45) is 2.02. The van der Waals surface area contributed by atoms with Crippen LogP contribution in [-0.2, 0) is 4.79 Å². The first-order valence-electron chi connectivity index (χ1n) is 9.53. The molecule has 140 valence electrons. The van der Waals surface area contributed by atoms with Gasteiger partial charge in [-0.25, -0.2) is 0 Å². The normalized spacial score (nSPS) is 16.2. The molecule has 4 rings (SSSR count). The Morgan fingerprint density at radius 2 is 1.21 bits per heavy atom. The molecule has 0 fully saturated rings. The molecule has 3 aromatic rings. The zero-order valence-corrected chi connectivity index (χ0v) is 16.4. The average molecular weight is 368 g/mol. The van der Waals surface area contributed by atoms with E-state index in [2.05, 4.69) is 50.4 Å². The van der Waals surface area contributed by atoms with E-state index in [1.165, 1.54) is 16.7 Å². The average Bonchev–Trinajstić information content (AvgIpc) is 3.01. The number of hydrogen-bond donors (Lipinski definition) is 1. The Bertz CT molecular complexity index is 1020. The minimum Gasteiger partial charge on any atom is -0.351 e. The van der Waals surface area contributed by atoms with E-state index in [9.17, 15) is 4.79 Å². The van der Waals surface area contributed by atoms with Crippen molar-refractivity contribution >= 4 is 17.3 Å². The maximum absolute atomic E-state index is 13.3. The summed E-state index contributed by atoms with van der Waals surface area (Å²) >= 11 is 0. The van der Waals surface area contributed by atoms with Gasteiger partial charge in [0.15, 0.2) is 0 Å². The Labute approximate surface area is 166 Å². The summed E-state index contributed by atoms with van der Waals surface area (Å²) in [4.78, 5) is 15.2. The van der Waals surface area contributed by atoms with Crippen LogP contribution in [0.4, 0.5) is 11.4 Å². The van der Waals surface area contributed by atoms with Crippen molar-refractivity contribution in [1.82, 2.24) is 0 Å². The van der Waals surface area contributed by atoms with Gasteiger partial charge in [0.25, 0.3) is 5.91 Å². The van der Waals surface area contributed by atoms with Crippen LogP contribution in [0.3, 0.4) is 0 Å². The van der Waals surface area contributed by atoms with E-state index < -0.39 is 0 Å². The van der Waals surface area contributed by atoms with Crippen molar-refractivity contribution in [3.8, 4) is 0 Å². The van der Waals surface area contributed by atoms with Crippen molar-refractivity contribution in [2.75, 3.05) is 10.2 Å². The van der Waals surface area contributed by atoms with Gasteiger partial charge in [0.2, 0.25) is 0 Å². The molecule has 28 heavy (non-hydrogen) atoms. The minimum atomic E-state index is -0.135. The summed E-state index contributed by atoms with van der Waals surface area (Å²) in [5, 5.41) is 3.31. The third-order valence-corrected chi connectivity index (χ3v) is 5.11. The minimum absolute atomic E-state index is 0.0185. The molecule has 1 atom stereocenters. The Kier molecular flexibility index (Phi) is 4.74. The molecule has 0 unspecified atom stereocenters. The van der Waals surface area contributed by atoms with Crippen molar-refractivity contribution in [3.05, 3.63) is 107 Å². The largest absolute Gasteiger partial charge is 0.351 e. The second-order valence-electron chi connectivity index (χ2n) is 7.44. The Hall–Kier alpha value is -3.33. The molecule has 0 spiro atoms. The lowest BCUT2D eigenvalue weighted by Gasteiger charge is -2.25. The number of rotatable bonds is 4. The van der Waals surface area contributed by atoms with Gasteiger partial charge in [-0.05, 0) is 56.7 Å². The van der Waals surface area contributed by atoms with E-state index >= 15 is 0 Å². The number of benzene rings is 3. The van der Waals surface area contributed by atoms with Gasteiger partial charge in [0.1, 0.15) is 5.70 Å². The first kappa shape index (κ1) is 18.1. The second kappa shape index (κ2) is 7.35. The van der Waals surface area contributed by atoms with Crippen LogP contribution in [-0.4, -0.2) is 5.91 Å². The van der Waals surface area contributed by atoms with E-state index in [1.807, 2.05) is 59.5 Å². The highest BCUT2D eigenvalue weighted by atomic mass is 16.2. The van der Waals surface area contributed by atoms with Gasteiger partial charge in [-0.2, -0.15) is 0 Å². The molecule has 0 aromatic heterocycles. The quantitative estimate of drug-likeness (QED) is 0.641. The van der Waals surface area contributed by atoms with Gasteiger partial charge in [-0.1, -0.05) is 65.2 Å². The molecule has 3 aromatic carbocycles. The van der Waals surface area contributed by atoms with Crippen LogP contribution in [0.25, 0.3) is 0 Å². The molecule has 1 heterocycles. The number of anilines is 2. The Balaban J connectivity index is 1.72. The third-order valence-electron chi connectivity index (χ3n) is 5.11. The van der Waals surface area contributed by atoms with Crippen molar-refractivity contribution in [1.29, 1.82) is 0 Å². The maximum atomic E-state index is 13.3. The summed E-state index contributed by atoms with van der Waals surface area (Å²) < 4.78 is 0. The summed E-state index contributed by atoms with van der Waals surface area (Å²) in [6, 6.07) is 24.4. The zero-order valence-electron chi connectivity index (χ0n) is 16.4. The Morgan fingerprint density at radius 1 is 0.714 bits per heavy atom. The van der Waals surface area contributed by atoms with Crippen LogP contribution in [0, 0.1) is 20.8 Å². The molecule has 1 N–H and O–H groups in total. The summed E-state index contributed by atoms with van der Waals surface area (Å²) in [5.41, 5.74) is 7.09. The molecule has 1 aliphatic heterocycles. The van der Waals surface area contributed by atoms with Gasteiger partial charge >= 0.3 is 0 Å². The molecular formula is C25H24N2O. The highest BCUT2D eigenvalue weighted by molar-refractivity contribution is 6.11. The molecular weight excluding hydrogens is 344 g/mol. The SMILES string of the molecule is Cc1ccc(NC2=C[C@H](c3ccc(C)cc3)N(c3ccc(C)cc3)C2=O)cc1. The smallest absolute Gasteiger partial charge is 0.275 e. The second-order valence-corrected chi connectivity index (χ2v) is 7.44. The summed E-state index contributed by atoms with van der Waals surface area (Å²) in [6.45, 7) is 6.17. The topological polar surface area (TPSA) is 32.3 Å². The van der Waals surface area contributed by atoms with Crippen LogP contribution in [0.15, 0.2) is 84.6 Å². The third kappa shape index (κ3) is 3.56. The van der Waals surface area contributed by atoms with Crippen LogP contribution >= 0.6 is 0 Å². The van der Waals surface area contributed by atoms with Crippen LogP contribution in [0.2, 0.25) is 0 Å². The van der Waals surface area contributed by atoms with E-state index in [-0.39, 0.29) is 11.9 Å². The standard InChI is InChI=1S/C25H24N2O/c1-17-4-10-20(11-5-17)24-16-23(26-21-12-6-18(2)7-13-21)25(28)27(24)22-14-8-19(3)9-15-22/h4-16,24,26H,1-3H3/t24-/m1/s1. The molecule has 0 saturated carbocycles. The summed E-state index contributed by atoms with van der Waals surface area (Å²) in [5.74, 6) is -0.0185. The fourth-order valence-electron chi connectivity index (χ4n) is 3.44. The number of amides is 1. The van der Waals surface area contributed by atoms with Crippen LogP contribution in [0.5, 0.6) is 0 Å². The van der Waals surface area contributed by atoms with Crippen molar-refractivity contribution in [2.24, 2.45) is 0 Å². The van der Waals surface area contributed by atoms with Gasteiger partial charge in [-0.3, -0.25) is 9.69 Å². The highest BCUT2D eigenvalue weighted by Gasteiger charge is 2.34. The lowest BCUT2D eigenvalue weighted by Crippen LogP contribution is -2.30.